The van der Waals surface area contributed by atoms with Crippen LogP contribution >= 0.6 is 0 Å². The number of hydrogen-bond acceptors (Lipinski definition) is 4. The van der Waals surface area contributed by atoms with Gasteiger partial charge in [-0.05, 0) is 31.0 Å². The van der Waals surface area contributed by atoms with Gasteiger partial charge in [0.05, 0.1) is 0 Å². The molecule has 1 amide bonds. The molecule has 1 saturated heterocycles. The lowest BCUT2D eigenvalue weighted by Gasteiger charge is -2.53. The lowest BCUT2D eigenvalue weighted by molar-refractivity contribution is -0.165. The number of fused-ring (bicyclic) bond motifs is 2. The number of carbonyl (C=O) groups excluding carboxylic acids is 1. The largest absolute Gasteiger partial charge is 0.484 e. The first-order valence-electron chi connectivity index (χ1n) is 9.38. The van der Waals surface area contributed by atoms with Crippen molar-refractivity contribution < 1.29 is 19.0 Å². The number of nitrogens with zero attached hydrogens (tertiary/aromatic N) is 2. The van der Waals surface area contributed by atoms with E-state index in [4.69, 9.17) is 4.74 Å². The van der Waals surface area contributed by atoms with E-state index in [1.54, 1.807) is 17.0 Å². The summed E-state index contributed by atoms with van der Waals surface area (Å²) < 4.78 is 19.9. The number of para-hydroxylation sites is 1. The van der Waals surface area contributed by atoms with Crippen molar-refractivity contribution in [2.45, 2.75) is 24.9 Å². The van der Waals surface area contributed by atoms with Crippen molar-refractivity contribution in [3.8, 4) is 5.75 Å². The molecule has 4 rings (SSSR count). The molecule has 1 N–H and O–H groups in total. The van der Waals surface area contributed by atoms with E-state index in [2.05, 4.69) is 4.98 Å². The van der Waals surface area contributed by atoms with Crippen LogP contribution in [0.3, 0.4) is 0 Å². The maximum atomic E-state index is 14.3. The van der Waals surface area contributed by atoms with Crippen molar-refractivity contribution in [1.82, 2.24) is 9.88 Å². The molecule has 2 heterocycles. The van der Waals surface area contributed by atoms with Crippen molar-refractivity contribution in [3.63, 3.8) is 0 Å². The summed E-state index contributed by atoms with van der Waals surface area (Å²) in [6, 6.07) is 12.5. The number of likely N-dealkylation sites (tertiary alicyclic amines) is 1. The number of halogens is 1. The van der Waals surface area contributed by atoms with E-state index in [1.165, 1.54) is 6.20 Å². The molecule has 2 atom stereocenters. The van der Waals surface area contributed by atoms with Crippen LogP contribution in [0.1, 0.15) is 24.8 Å². The summed E-state index contributed by atoms with van der Waals surface area (Å²) in [6.07, 6.45) is 3.87. The van der Waals surface area contributed by atoms with Gasteiger partial charge in [0.2, 0.25) is 5.95 Å². The third-order valence-corrected chi connectivity index (χ3v) is 5.88. The summed E-state index contributed by atoms with van der Waals surface area (Å²) in [5.41, 5.74) is -1.01. The van der Waals surface area contributed by atoms with Gasteiger partial charge in [-0.3, -0.25) is 4.79 Å². The number of piperidine rings is 1. The normalized spacial score (nSPS) is 27.3. The standard InChI is InChI=1S/C21H23FN2O3/c22-20-18(10-5-11-23-20)21(26)15-6-4-7-16(21)13-24(12-15)19(25)14-27-17-8-2-1-3-9-17/h1-3,5,8-11,15-16,26H,4,6-7,12-14H2/t15-,16-/m0/s1. The minimum Gasteiger partial charge on any atom is -0.484 e. The van der Waals surface area contributed by atoms with Gasteiger partial charge < -0.3 is 14.7 Å². The van der Waals surface area contributed by atoms with Gasteiger partial charge in [0.1, 0.15) is 11.4 Å². The van der Waals surface area contributed by atoms with Crippen LogP contribution in [0.5, 0.6) is 5.75 Å². The predicted octanol–water partition coefficient (Wildman–Crippen LogP) is 2.75. The van der Waals surface area contributed by atoms with Crippen LogP contribution in [0.15, 0.2) is 48.7 Å². The smallest absolute Gasteiger partial charge is 0.260 e. The molecule has 1 aromatic carbocycles. The SMILES string of the molecule is O=C(COc1ccccc1)N1C[C@@H]2CCC[C@@H](C1)C2(O)c1cccnc1F. The molecular weight excluding hydrogens is 347 g/mol. The van der Waals surface area contributed by atoms with Gasteiger partial charge in [0.25, 0.3) is 5.91 Å². The van der Waals surface area contributed by atoms with Gasteiger partial charge in [0.15, 0.2) is 6.61 Å². The van der Waals surface area contributed by atoms with Gasteiger partial charge >= 0.3 is 0 Å². The molecule has 1 aromatic heterocycles. The highest BCUT2D eigenvalue weighted by molar-refractivity contribution is 5.78. The Morgan fingerprint density at radius 1 is 1.19 bits per heavy atom. The van der Waals surface area contributed by atoms with Crippen LogP contribution in [0.25, 0.3) is 0 Å². The van der Waals surface area contributed by atoms with E-state index in [9.17, 15) is 14.3 Å². The highest BCUT2D eigenvalue weighted by atomic mass is 19.1. The number of aliphatic hydroxyl groups is 1. The van der Waals surface area contributed by atoms with Crippen molar-refractivity contribution in [2.75, 3.05) is 19.7 Å². The number of ether oxygens (including phenoxy) is 1. The predicted molar refractivity (Wildman–Crippen MR) is 97.4 cm³/mol. The quantitative estimate of drug-likeness (QED) is 0.841. The Hall–Kier alpha value is -2.47. The van der Waals surface area contributed by atoms with E-state index < -0.39 is 11.5 Å². The molecule has 1 aliphatic heterocycles. The molecule has 1 aliphatic carbocycles. The Morgan fingerprint density at radius 3 is 2.56 bits per heavy atom. The minimum atomic E-state index is -1.27. The second-order valence-corrected chi connectivity index (χ2v) is 7.39. The first kappa shape index (κ1) is 17.9. The highest BCUT2D eigenvalue weighted by Crippen LogP contribution is 2.49. The van der Waals surface area contributed by atoms with E-state index >= 15 is 0 Å². The third kappa shape index (κ3) is 3.30. The summed E-state index contributed by atoms with van der Waals surface area (Å²) in [6.45, 7) is 0.764. The number of pyridine rings is 1. The lowest BCUT2D eigenvalue weighted by atomic mass is 9.62. The first-order chi connectivity index (χ1) is 13.1. The summed E-state index contributed by atoms with van der Waals surface area (Å²) in [4.78, 5) is 18.1. The second kappa shape index (κ2) is 7.27. The number of amides is 1. The topological polar surface area (TPSA) is 62.7 Å². The zero-order valence-corrected chi connectivity index (χ0v) is 15.1. The molecule has 2 aliphatic rings. The van der Waals surface area contributed by atoms with Crippen LogP contribution in [-0.2, 0) is 10.4 Å². The van der Waals surface area contributed by atoms with Gasteiger partial charge in [-0.15, -0.1) is 0 Å². The Morgan fingerprint density at radius 2 is 1.89 bits per heavy atom. The van der Waals surface area contributed by atoms with Crippen LogP contribution in [0, 0.1) is 17.8 Å². The first-order valence-corrected chi connectivity index (χ1v) is 9.38. The number of rotatable bonds is 4. The van der Waals surface area contributed by atoms with Gasteiger partial charge in [-0.25, -0.2) is 4.98 Å². The van der Waals surface area contributed by atoms with Crippen molar-refractivity contribution in [2.24, 2.45) is 11.8 Å². The van der Waals surface area contributed by atoms with E-state index in [-0.39, 0.29) is 29.9 Å². The molecule has 2 aromatic rings. The van der Waals surface area contributed by atoms with Crippen molar-refractivity contribution in [3.05, 3.63) is 60.2 Å². The average molecular weight is 370 g/mol. The van der Waals surface area contributed by atoms with Crippen LogP contribution in [-0.4, -0.2) is 40.6 Å². The highest BCUT2D eigenvalue weighted by Gasteiger charge is 2.53. The molecule has 5 nitrogen and oxygen atoms in total. The number of benzene rings is 1. The number of hydrogen-bond donors (Lipinski definition) is 1. The summed E-state index contributed by atoms with van der Waals surface area (Å²) in [5.74, 6) is -0.487. The molecule has 1 saturated carbocycles. The van der Waals surface area contributed by atoms with E-state index in [0.717, 1.165) is 19.3 Å². The third-order valence-electron chi connectivity index (χ3n) is 5.88. The number of carbonyl (C=O) groups is 1. The molecule has 27 heavy (non-hydrogen) atoms. The van der Waals surface area contributed by atoms with Gasteiger partial charge in [-0.2, -0.15) is 4.39 Å². The van der Waals surface area contributed by atoms with Crippen LogP contribution in [0.2, 0.25) is 0 Å². The van der Waals surface area contributed by atoms with Crippen LogP contribution in [0.4, 0.5) is 4.39 Å². The van der Waals surface area contributed by atoms with E-state index in [0.29, 0.717) is 18.8 Å². The monoisotopic (exact) mass is 370 g/mol. The zero-order valence-electron chi connectivity index (χ0n) is 15.1. The fraction of sp³-hybridized carbons (Fsp3) is 0.429. The zero-order chi connectivity index (χ0) is 18.9. The molecule has 0 radical (unpaired) electrons. The Bertz CT molecular complexity index is 800. The molecule has 0 unspecified atom stereocenters. The van der Waals surface area contributed by atoms with Gasteiger partial charge in [0, 0.05) is 36.7 Å². The fourth-order valence-corrected chi connectivity index (χ4v) is 4.53. The molecular formula is C21H23FN2O3. The maximum absolute atomic E-state index is 14.3. The van der Waals surface area contributed by atoms with Crippen LogP contribution < -0.4 is 4.74 Å². The molecule has 0 spiro atoms. The Labute approximate surface area is 157 Å². The summed E-state index contributed by atoms with van der Waals surface area (Å²) in [5, 5.41) is 11.5. The molecule has 2 bridgehead atoms. The minimum absolute atomic E-state index is 0.0386. The molecule has 6 heteroatoms. The fourth-order valence-electron chi connectivity index (χ4n) is 4.53. The second-order valence-electron chi connectivity index (χ2n) is 7.39. The lowest BCUT2D eigenvalue weighted by Crippen LogP contribution is -2.60. The summed E-state index contributed by atoms with van der Waals surface area (Å²) >= 11 is 0. The summed E-state index contributed by atoms with van der Waals surface area (Å²) in [7, 11) is 0. The average Bonchev–Trinajstić information content (AvgIpc) is 2.67. The molecule has 2 fully saturated rings. The van der Waals surface area contributed by atoms with Crippen molar-refractivity contribution in [1.29, 1.82) is 0 Å². The van der Waals surface area contributed by atoms with Crippen molar-refractivity contribution >= 4 is 5.91 Å². The van der Waals surface area contributed by atoms with E-state index in [1.807, 2.05) is 30.3 Å². The number of aromatic nitrogens is 1. The molecule has 142 valence electrons. The maximum Gasteiger partial charge on any atom is 0.260 e. The Balaban J connectivity index is 1.49. The Kier molecular flexibility index (Phi) is 4.83. The van der Waals surface area contributed by atoms with Gasteiger partial charge in [-0.1, -0.05) is 30.7 Å².